The summed E-state index contributed by atoms with van der Waals surface area (Å²) in [4.78, 5) is 21.1. The molecule has 1 amide bonds. The van der Waals surface area contributed by atoms with Gasteiger partial charge in [0.15, 0.2) is 6.61 Å². The monoisotopic (exact) mass is 507 g/mol. The molecule has 0 fully saturated rings. The number of carbonyl (C=O) groups excluding carboxylic acids is 1. The number of halogens is 6. The zero-order chi connectivity index (χ0) is 26.3. The number of hydrogen-bond acceptors (Lipinski definition) is 4. The molecule has 188 valence electrons. The van der Waals surface area contributed by atoms with Gasteiger partial charge in [-0.25, -0.2) is 4.99 Å². The maximum atomic E-state index is 13.5. The number of alkyl halides is 6. The van der Waals surface area contributed by atoms with Gasteiger partial charge in [-0.2, -0.15) is 26.3 Å². The highest BCUT2D eigenvalue weighted by atomic mass is 19.4. The van der Waals surface area contributed by atoms with Crippen molar-refractivity contribution in [3.63, 3.8) is 0 Å². The maximum Gasteiger partial charge on any atom is 0.422 e. The first-order valence-corrected chi connectivity index (χ1v) is 10.7. The Balaban J connectivity index is 1.81. The first-order valence-electron chi connectivity index (χ1n) is 10.7. The normalized spacial score (nSPS) is 14.0. The minimum absolute atomic E-state index is 0.151. The number of nitrogens with one attached hydrogen (secondary N) is 1. The number of pyridine rings is 1. The zero-order valence-electron chi connectivity index (χ0n) is 19.0. The molecule has 0 spiro atoms. The molecule has 36 heavy (non-hydrogen) atoms. The molecule has 5 nitrogen and oxygen atoms in total. The molecule has 0 radical (unpaired) electrons. The predicted octanol–water partition coefficient (Wildman–Crippen LogP) is 6.79. The number of aliphatic imine (C=N–C) groups is 1. The first-order chi connectivity index (χ1) is 16.8. The molecular weight excluding hydrogens is 488 g/mol. The summed E-state index contributed by atoms with van der Waals surface area (Å²) >= 11 is 0. The third kappa shape index (κ3) is 5.50. The van der Waals surface area contributed by atoms with Crippen molar-refractivity contribution >= 4 is 23.0 Å². The summed E-state index contributed by atoms with van der Waals surface area (Å²) in [5.41, 5.74) is 2.39. The SMILES string of the molecule is Cc1nccc(-c2cccc(C3=Nc4cc(OCC(F)(F)F)c(C(F)(F)F)cc4NC(=O)C3)c2)c1C. The molecule has 0 saturated carbocycles. The van der Waals surface area contributed by atoms with Gasteiger partial charge in [-0.1, -0.05) is 18.2 Å². The summed E-state index contributed by atoms with van der Waals surface area (Å²) in [5.74, 6) is -1.65. The van der Waals surface area contributed by atoms with Gasteiger partial charge in [0, 0.05) is 18.0 Å². The second-order valence-corrected chi connectivity index (χ2v) is 8.20. The molecule has 0 bridgehead atoms. The average Bonchev–Trinajstić information content (AvgIpc) is 2.95. The van der Waals surface area contributed by atoms with E-state index in [4.69, 9.17) is 0 Å². The maximum absolute atomic E-state index is 13.5. The Morgan fingerprint density at radius 1 is 1.00 bits per heavy atom. The first kappa shape index (κ1) is 25.2. The van der Waals surface area contributed by atoms with Crippen molar-refractivity contribution in [2.75, 3.05) is 11.9 Å². The lowest BCUT2D eigenvalue weighted by Crippen LogP contribution is -2.21. The largest absolute Gasteiger partial charge is 0.483 e. The van der Waals surface area contributed by atoms with Gasteiger partial charge in [-0.3, -0.25) is 9.78 Å². The number of carbonyl (C=O) groups is 1. The average molecular weight is 507 g/mol. The van der Waals surface area contributed by atoms with Gasteiger partial charge in [0.1, 0.15) is 5.75 Å². The third-order valence-corrected chi connectivity index (χ3v) is 5.62. The molecule has 4 rings (SSSR count). The van der Waals surface area contributed by atoms with Crippen LogP contribution in [-0.4, -0.2) is 29.4 Å². The number of hydrogen-bond donors (Lipinski definition) is 1. The van der Waals surface area contributed by atoms with Crippen LogP contribution in [0.15, 0.2) is 53.7 Å². The number of amides is 1. The molecule has 1 aromatic heterocycles. The number of ether oxygens (including phenoxy) is 1. The molecule has 11 heteroatoms. The van der Waals surface area contributed by atoms with Crippen LogP contribution in [0, 0.1) is 13.8 Å². The van der Waals surface area contributed by atoms with Crippen LogP contribution in [0.3, 0.4) is 0 Å². The Hall–Kier alpha value is -3.89. The second kappa shape index (κ2) is 9.29. The highest BCUT2D eigenvalue weighted by Gasteiger charge is 2.38. The van der Waals surface area contributed by atoms with Crippen molar-refractivity contribution in [3.8, 4) is 16.9 Å². The molecule has 2 heterocycles. The molecule has 2 aromatic carbocycles. The Bertz CT molecular complexity index is 1360. The standard InChI is InChI=1S/C25H19F6N3O2/c1-13-14(2)32-7-6-17(13)15-4-3-5-16(8-15)19-11-23(35)34-20-9-18(25(29,30)31)22(10-21(20)33-19)36-12-24(26,27)28/h3-10H,11-12H2,1-2H3,(H,34,35). The van der Waals surface area contributed by atoms with Gasteiger partial charge >= 0.3 is 12.4 Å². The van der Waals surface area contributed by atoms with Gasteiger partial charge in [-0.15, -0.1) is 0 Å². The second-order valence-electron chi connectivity index (χ2n) is 8.20. The summed E-state index contributed by atoms with van der Waals surface area (Å²) in [6, 6.07) is 10.2. The van der Waals surface area contributed by atoms with E-state index in [9.17, 15) is 31.1 Å². The number of benzene rings is 2. The highest BCUT2D eigenvalue weighted by Crippen LogP contribution is 2.43. The van der Waals surface area contributed by atoms with E-state index in [0.29, 0.717) is 11.6 Å². The number of aryl methyl sites for hydroxylation is 1. The fourth-order valence-electron chi connectivity index (χ4n) is 3.78. The summed E-state index contributed by atoms with van der Waals surface area (Å²) in [5, 5.41) is 2.36. The molecule has 1 N–H and O–H groups in total. The van der Waals surface area contributed by atoms with Crippen molar-refractivity contribution in [1.29, 1.82) is 0 Å². The van der Waals surface area contributed by atoms with Gasteiger partial charge in [0.2, 0.25) is 5.91 Å². The molecule has 0 aliphatic carbocycles. The van der Waals surface area contributed by atoms with E-state index in [0.717, 1.165) is 28.5 Å². The quantitative estimate of drug-likeness (QED) is 0.396. The lowest BCUT2D eigenvalue weighted by Gasteiger charge is -2.17. The molecule has 0 unspecified atom stereocenters. The van der Waals surface area contributed by atoms with Crippen LogP contribution in [0.5, 0.6) is 5.75 Å². The number of nitrogens with zero attached hydrogens (tertiary/aromatic N) is 2. The lowest BCUT2D eigenvalue weighted by atomic mass is 9.96. The van der Waals surface area contributed by atoms with E-state index in [-0.39, 0.29) is 23.5 Å². The smallest absolute Gasteiger partial charge is 0.422 e. The van der Waals surface area contributed by atoms with Crippen LogP contribution in [0.4, 0.5) is 37.7 Å². The Morgan fingerprint density at radius 2 is 1.72 bits per heavy atom. The van der Waals surface area contributed by atoms with Crippen LogP contribution in [0.25, 0.3) is 11.1 Å². The van der Waals surface area contributed by atoms with Gasteiger partial charge in [0.25, 0.3) is 0 Å². The molecule has 0 saturated heterocycles. The van der Waals surface area contributed by atoms with Crippen LogP contribution >= 0.6 is 0 Å². The van der Waals surface area contributed by atoms with E-state index in [2.05, 4.69) is 20.0 Å². The van der Waals surface area contributed by atoms with Gasteiger partial charge in [-0.05, 0) is 54.3 Å². The van der Waals surface area contributed by atoms with E-state index in [1.54, 1.807) is 24.4 Å². The molecule has 0 atom stereocenters. The van der Waals surface area contributed by atoms with E-state index in [1.165, 1.54) is 0 Å². The van der Waals surface area contributed by atoms with Crippen molar-refractivity contribution in [2.45, 2.75) is 32.6 Å². The number of aromatic nitrogens is 1. The summed E-state index contributed by atoms with van der Waals surface area (Å²) in [6.45, 7) is 1.87. The van der Waals surface area contributed by atoms with Gasteiger partial charge in [0.05, 0.1) is 29.1 Å². The van der Waals surface area contributed by atoms with Crippen LogP contribution in [0.1, 0.15) is 28.8 Å². The van der Waals surface area contributed by atoms with Gasteiger partial charge < -0.3 is 10.1 Å². The molecular formula is C25H19F6N3O2. The lowest BCUT2D eigenvalue weighted by molar-refractivity contribution is -0.158. The Morgan fingerprint density at radius 3 is 2.42 bits per heavy atom. The fraction of sp³-hybridized carbons (Fsp3) is 0.240. The predicted molar refractivity (Wildman–Crippen MR) is 122 cm³/mol. The fourth-order valence-corrected chi connectivity index (χ4v) is 3.78. The van der Waals surface area contributed by atoms with Crippen LogP contribution in [-0.2, 0) is 11.0 Å². The van der Waals surface area contributed by atoms with E-state index in [1.807, 2.05) is 26.0 Å². The molecule has 1 aliphatic rings. The van der Waals surface area contributed by atoms with Crippen molar-refractivity contribution in [3.05, 3.63) is 71.0 Å². The zero-order valence-corrected chi connectivity index (χ0v) is 19.0. The van der Waals surface area contributed by atoms with Crippen LogP contribution < -0.4 is 10.1 Å². The third-order valence-electron chi connectivity index (χ3n) is 5.62. The summed E-state index contributed by atoms with van der Waals surface area (Å²) in [7, 11) is 0. The summed E-state index contributed by atoms with van der Waals surface area (Å²) < 4.78 is 83.0. The van der Waals surface area contributed by atoms with E-state index < -0.39 is 36.2 Å². The minimum Gasteiger partial charge on any atom is -0.483 e. The summed E-state index contributed by atoms with van der Waals surface area (Å²) in [6.07, 6.45) is -8.46. The van der Waals surface area contributed by atoms with Crippen LogP contribution in [0.2, 0.25) is 0 Å². The Kier molecular flexibility index (Phi) is 6.50. The number of fused-ring (bicyclic) bond motifs is 1. The topological polar surface area (TPSA) is 63.6 Å². The minimum atomic E-state index is -5.02. The Labute approximate surface area is 201 Å². The number of rotatable bonds is 4. The number of anilines is 1. The molecule has 3 aromatic rings. The highest BCUT2D eigenvalue weighted by molar-refractivity contribution is 6.17. The molecule has 1 aliphatic heterocycles. The van der Waals surface area contributed by atoms with Crippen molar-refractivity contribution < 1.29 is 35.9 Å². The van der Waals surface area contributed by atoms with E-state index >= 15 is 0 Å². The van der Waals surface area contributed by atoms with Crippen molar-refractivity contribution in [2.24, 2.45) is 4.99 Å². The van der Waals surface area contributed by atoms with Crippen molar-refractivity contribution in [1.82, 2.24) is 4.98 Å².